The predicted octanol–water partition coefficient (Wildman–Crippen LogP) is 2.94. The summed E-state index contributed by atoms with van der Waals surface area (Å²) in [6.45, 7) is 4.13. The van der Waals surface area contributed by atoms with E-state index in [0.717, 1.165) is 25.7 Å². The van der Waals surface area contributed by atoms with E-state index in [9.17, 15) is 14.9 Å². The molecule has 0 amide bonds. The Labute approximate surface area is 117 Å². The van der Waals surface area contributed by atoms with Crippen LogP contribution in [0.25, 0.3) is 0 Å². The molecule has 0 saturated heterocycles. The lowest BCUT2D eigenvalue weighted by molar-refractivity contribution is -0.389. The SMILES string of the molecule is CCCCCCC(C(=O)OCC)c1nc([N+](=O)[O-])c[nH]1. The van der Waals surface area contributed by atoms with Crippen LogP contribution in [0.15, 0.2) is 6.20 Å². The lowest BCUT2D eigenvalue weighted by Crippen LogP contribution is -2.17. The summed E-state index contributed by atoms with van der Waals surface area (Å²) >= 11 is 0. The van der Waals surface area contributed by atoms with Gasteiger partial charge >= 0.3 is 11.8 Å². The molecule has 1 heterocycles. The molecule has 7 nitrogen and oxygen atoms in total. The third-order valence-electron chi connectivity index (χ3n) is 3.02. The summed E-state index contributed by atoms with van der Waals surface area (Å²) in [5.41, 5.74) is 0. The Balaban J connectivity index is 2.74. The maximum atomic E-state index is 11.9. The number of hydrogen-bond acceptors (Lipinski definition) is 5. The number of ether oxygens (including phenoxy) is 1. The van der Waals surface area contributed by atoms with Crippen molar-refractivity contribution in [1.29, 1.82) is 0 Å². The number of imidazole rings is 1. The average Bonchev–Trinajstić information content (AvgIpc) is 2.88. The molecule has 0 bridgehead atoms. The number of nitrogens with one attached hydrogen (secondary N) is 1. The maximum Gasteiger partial charge on any atom is 0.381 e. The standard InChI is InChI=1S/C13H21N3O4/c1-3-5-6-7-8-10(13(17)20-4-2)12-14-9-11(15-12)16(18)19/h9-10H,3-8H2,1-2H3,(H,14,15). The molecule has 1 rings (SSSR count). The van der Waals surface area contributed by atoms with E-state index >= 15 is 0 Å². The van der Waals surface area contributed by atoms with Gasteiger partial charge in [-0.15, -0.1) is 0 Å². The van der Waals surface area contributed by atoms with E-state index < -0.39 is 10.8 Å². The molecular weight excluding hydrogens is 262 g/mol. The fourth-order valence-electron chi connectivity index (χ4n) is 1.98. The lowest BCUT2D eigenvalue weighted by atomic mass is 10.00. The number of H-pyrrole nitrogens is 1. The molecule has 0 spiro atoms. The van der Waals surface area contributed by atoms with E-state index in [4.69, 9.17) is 4.74 Å². The predicted molar refractivity (Wildman–Crippen MR) is 73.4 cm³/mol. The Morgan fingerprint density at radius 3 is 2.75 bits per heavy atom. The molecular formula is C13H21N3O4. The van der Waals surface area contributed by atoms with E-state index in [1.54, 1.807) is 6.92 Å². The molecule has 0 radical (unpaired) electrons. The van der Waals surface area contributed by atoms with E-state index in [2.05, 4.69) is 16.9 Å². The van der Waals surface area contributed by atoms with Crippen molar-refractivity contribution in [3.8, 4) is 0 Å². The van der Waals surface area contributed by atoms with Gasteiger partial charge in [-0.25, -0.2) is 0 Å². The summed E-state index contributed by atoms with van der Waals surface area (Å²) in [5, 5.41) is 10.6. The van der Waals surface area contributed by atoms with Crippen molar-refractivity contribution in [2.75, 3.05) is 6.61 Å². The lowest BCUT2D eigenvalue weighted by Gasteiger charge is -2.10. The first kappa shape index (κ1) is 16.1. The van der Waals surface area contributed by atoms with Gasteiger partial charge in [0.2, 0.25) is 5.82 Å². The number of aromatic nitrogens is 2. The molecule has 1 aromatic rings. The van der Waals surface area contributed by atoms with E-state index in [1.165, 1.54) is 6.20 Å². The van der Waals surface area contributed by atoms with Crippen LogP contribution in [0, 0.1) is 10.1 Å². The van der Waals surface area contributed by atoms with E-state index in [-0.39, 0.29) is 18.4 Å². The number of esters is 1. The Morgan fingerprint density at radius 2 is 2.20 bits per heavy atom. The van der Waals surface area contributed by atoms with Gasteiger partial charge in [0, 0.05) is 0 Å². The van der Waals surface area contributed by atoms with Crippen molar-refractivity contribution in [3.63, 3.8) is 0 Å². The Kier molecular flexibility index (Phi) is 6.69. The molecule has 1 aromatic heterocycles. The van der Waals surface area contributed by atoms with E-state index in [1.807, 2.05) is 0 Å². The van der Waals surface area contributed by atoms with Crippen LogP contribution in [0.4, 0.5) is 5.82 Å². The number of rotatable bonds is 9. The largest absolute Gasteiger partial charge is 0.465 e. The number of aromatic amines is 1. The summed E-state index contributed by atoms with van der Waals surface area (Å²) in [6.07, 6.45) is 5.89. The van der Waals surface area contributed by atoms with Crippen LogP contribution in [-0.2, 0) is 9.53 Å². The van der Waals surface area contributed by atoms with Crippen LogP contribution < -0.4 is 0 Å². The number of unbranched alkanes of at least 4 members (excludes halogenated alkanes) is 3. The van der Waals surface area contributed by atoms with Gasteiger partial charge in [0.25, 0.3) is 0 Å². The molecule has 0 fully saturated rings. The number of nitrogens with zero attached hydrogens (tertiary/aromatic N) is 2. The third kappa shape index (κ3) is 4.64. The van der Waals surface area contributed by atoms with Gasteiger partial charge < -0.3 is 19.8 Å². The average molecular weight is 283 g/mol. The Bertz CT molecular complexity index is 445. The first-order chi connectivity index (χ1) is 9.60. The van der Waals surface area contributed by atoms with Gasteiger partial charge in [0.1, 0.15) is 12.1 Å². The first-order valence-corrected chi connectivity index (χ1v) is 6.96. The second kappa shape index (κ2) is 8.29. The van der Waals surface area contributed by atoms with Gasteiger partial charge in [0.05, 0.1) is 6.61 Å². The zero-order valence-corrected chi connectivity index (χ0v) is 11.9. The van der Waals surface area contributed by atoms with Crippen LogP contribution >= 0.6 is 0 Å². The van der Waals surface area contributed by atoms with Crippen LogP contribution in [0.3, 0.4) is 0 Å². The smallest absolute Gasteiger partial charge is 0.381 e. The highest BCUT2D eigenvalue weighted by atomic mass is 16.6. The minimum Gasteiger partial charge on any atom is -0.465 e. The maximum absolute atomic E-state index is 11.9. The molecule has 112 valence electrons. The van der Waals surface area contributed by atoms with Crippen LogP contribution in [0.1, 0.15) is 57.7 Å². The van der Waals surface area contributed by atoms with Crippen molar-refractivity contribution < 1.29 is 14.5 Å². The highest BCUT2D eigenvalue weighted by Crippen LogP contribution is 2.23. The summed E-state index contributed by atoms with van der Waals surface area (Å²) in [4.78, 5) is 28.6. The number of hydrogen-bond donors (Lipinski definition) is 1. The zero-order chi connectivity index (χ0) is 15.0. The molecule has 20 heavy (non-hydrogen) atoms. The van der Waals surface area contributed by atoms with Crippen molar-refractivity contribution in [3.05, 3.63) is 22.1 Å². The van der Waals surface area contributed by atoms with E-state index in [0.29, 0.717) is 12.2 Å². The third-order valence-corrected chi connectivity index (χ3v) is 3.02. The molecule has 0 aromatic carbocycles. The Hall–Kier alpha value is -1.92. The fraction of sp³-hybridized carbons (Fsp3) is 0.692. The summed E-state index contributed by atoms with van der Waals surface area (Å²) < 4.78 is 5.02. The van der Waals surface area contributed by atoms with Crippen LogP contribution in [0.2, 0.25) is 0 Å². The molecule has 0 aliphatic carbocycles. The summed E-state index contributed by atoms with van der Waals surface area (Å²) in [5.74, 6) is -0.900. The number of carbonyl (C=O) groups is 1. The molecule has 1 N–H and O–H groups in total. The highest BCUT2D eigenvalue weighted by molar-refractivity contribution is 5.77. The molecule has 0 aliphatic rings. The van der Waals surface area contributed by atoms with Gasteiger partial charge in [-0.05, 0) is 23.3 Å². The normalized spacial score (nSPS) is 12.1. The van der Waals surface area contributed by atoms with Crippen molar-refractivity contribution in [1.82, 2.24) is 9.97 Å². The second-order valence-electron chi connectivity index (χ2n) is 4.55. The summed E-state index contributed by atoms with van der Waals surface area (Å²) in [7, 11) is 0. The van der Waals surface area contributed by atoms with Crippen molar-refractivity contribution in [2.24, 2.45) is 0 Å². The molecule has 1 unspecified atom stereocenters. The first-order valence-electron chi connectivity index (χ1n) is 6.96. The molecule has 0 aliphatic heterocycles. The zero-order valence-electron chi connectivity index (χ0n) is 11.9. The van der Waals surface area contributed by atoms with Gasteiger partial charge in [-0.3, -0.25) is 4.79 Å². The van der Waals surface area contributed by atoms with Crippen LogP contribution in [0.5, 0.6) is 0 Å². The fourth-order valence-corrected chi connectivity index (χ4v) is 1.98. The second-order valence-corrected chi connectivity index (χ2v) is 4.55. The minimum atomic E-state index is -0.584. The Morgan fingerprint density at radius 1 is 1.45 bits per heavy atom. The number of carbonyl (C=O) groups excluding carboxylic acids is 1. The quantitative estimate of drug-likeness (QED) is 0.325. The van der Waals surface area contributed by atoms with Gasteiger partial charge in [-0.1, -0.05) is 32.6 Å². The minimum absolute atomic E-state index is 0.275. The van der Waals surface area contributed by atoms with Crippen molar-refractivity contribution >= 4 is 11.8 Å². The molecule has 0 saturated carbocycles. The van der Waals surface area contributed by atoms with Gasteiger partial charge in [-0.2, -0.15) is 0 Å². The molecule has 1 atom stereocenters. The monoisotopic (exact) mass is 283 g/mol. The molecule has 7 heteroatoms. The van der Waals surface area contributed by atoms with Gasteiger partial charge in [0.15, 0.2) is 0 Å². The van der Waals surface area contributed by atoms with Crippen molar-refractivity contribution in [2.45, 2.75) is 51.9 Å². The summed E-state index contributed by atoms with van der Waals surface area (Å²) in [6, 6.07) is 0. The number of nitro groups is 1. The highest BCUT2D eigenvalue weighted by Gasteiger charge is 2.29. The van der Waals surface area contributed by atoms with Crippen LogP contribution in [-0.4, -0.2) is 27.5 Å². The topological polar surface area (TPSA) is 98.1 Å².